The second kappa shape index (κ2) is 7.05. The summed E-state index contributed by atoms with van der Waals surface area (Å²) in [6, 6.07) is 7.90. The summed E-state index contributed by atoms with van der Waals surface area (Å²) in [5.74, 6) is 0.332. The highest BCUT2D eigenvalue weighted by atomic mass is 79.9. The van der Waals surface area contributed by atoms with Crippen LogP contribution in [0.4, 0.5) is 0 Å². The second-order valence-electron chi connectivity index (χ2n) is 5.38. The van der Waals surface area contributed by atoms with Gasteiger partial charge in [-0.3, -0.25) is 0 Å². The Kier molecular flexibility index (Phi) is 5.64. The van der Waals surface area contributed by atoms with E-state index in [1.807, 2.05) is 24.3 Å². The van der Waals surface area contributed by atoms with Crippen LogP contribution in [-0.2, 0) is 9.84 Å². The molecule has 0 aromatic heterocycles. The van der Waals surface area contributed by atoms with E-state index in [1.165, 1.54) is 0 Å². The van der Waals surface area contributed by atoms with Gasteiger partial charge >= 0.3 is 0 Å². The summed E-state index contributed by atoms with van der Waals surface area (Å²) in [7, 11) is -2.99. The van der Waals surface area contributed by atoms with E-state index < -0.39 is 9.84 Å². The molecule has 112 valence electrons. The van der Waals surface area contributed by atoms with Crippen LogP contribution in [0.2, 0.25) is 0 Å². The van der Waals surface area contributed by atoms with Gasteiger partial charge in [-0.2, -0.15) is 0 Å². The van der Waals surface area contributed by atoms with Crippen LogP contribution in [0.5, 0.6) is 0 Å². The van der Waals surface area contributed by atoms with E-state index in [-0.39, 0.29) is 11.3 Å². The minimum absolute atomic E-state index is 0.0895. The molecule has 2 unspecified atom stereocenters. The van der Waals surface area contributed by atoms with E-state index in [4.69, 9.17) is 0 Å². The first kappa shape index (κ1) is 16.0. The fourth-order valence-electron chi connectivity index (χ4n) is 2.79. The Labute approximate surface area is 130 Å². The molecule has 1 aromatic carbocycles. The van der Waals surface area contributed by atoms with Crippen molar-refractivity contribution in [2.75, 3.05) is 12.3 Å². The lowest BCUT2D eigenvalue weighted by Crippen LogP contribution is -2.40. The molecule has 1 aliphatic heterocycles. The Morgan fingerprint density at radius 1 is 1.30 bits per heavy atom. The van der Waals surface area contributed by atoms with Crippen molar-refractivity contribution < 1.29 is 8.42 Å². The number of benzene rings is 1. The Morgan fingerprint density at radius 3 is 2.60 bits per heavy atom. The average Bonchev–Trinajstić information content (AvgIpc) is 2.42. The first-order valence-corrected chi connectivity index (χ1v) is 9.76. The van der Waals surface area contributed by atoms with Gasteiger partial charge in [0.1, 0.15) is 0 Å². The average molecular weight is 360 g/mol. The van der Waals surface area contributed by atoms with Crippen molar-refractivity contribution in [1.82, 2.24) is 5.32 Å². The molecule has 1 saturated heterocycles. The van der Waals surface area contributed by atoms with Crippen LogP contribution in [0, 0.1) is 0 Å². The number of sulfone groups is 1. The van der Waals surface area contributed by atoms with Gasteiger partial charge in [0.15, 0.2) is 9.84 Å². The molecule has 0 saturated carbocycles. The Bertz CT molecular complexity index is 527. The molecule has 2 rings (SSSR count). The zero-order valence-electron chi connectivity index (χ0n) is 11.8. The van der Waals surface area contributed by atoms with Gasteiger partial charge in [-0.25, -0.2) is 8.42 Å². The van der Waals surface area contributed by atoms with Crippen molar-refractivity contribution in [2.45, 2.75) is 43.9 Å². The van der Waals surface area contributed by atoms with Gasteiger partial charge in [-0.1, -0.05) is 41.4 Å². The lowest BCUT2D eigenvalue weighted by Gasteiger charge is -2.31. The highest BCUT2D eigenvalue weighted by molar-refractivity contribution is 9.10. The van der Waals surface area contributed by atoms with Crippen molar-refractivity contribution in [3.8, 4) is 0 Å². The first-order valence-electron chi connectivity index (χ1n) is 7.25. The summed E-state index contributed by atoms with van der Waals surface area (Å²) in [5, 5.41) is 3.15. The molecule has 1 aromatic rings. The molecule has 0 aliphatic carbocycles. The molecule has 3 nitrogen and oxygen atoms in total. The third-order valence-corrected chi connectivity index (χ3v) is 6.66. The lowest BCUT2D eigenvalue weighted by atomic mass is 9.99. The highest BCUT2D eigenvalue weighted by Crippen LogP contribution is 2.31. The normalized spacial score (nSPS) is 23.4. The summed E-state index contributed by atoms with van der Waals surface area (Å²) in [6.45, 7) is 2.94. The van der Waals surface area contributed by atoms with Gasteiger partial charge in [0.25, 0.3) is 0 Å². The Balaban J connectivity index is 2.29. The maximum absolute atomic E-state index is 12.4. The molecule has 20 heavy (non-hydrogen) atoms. The Hall–Kier alpha value is -0.390. The maximum atomic E-state index is 12.4. The zero-order chi connectivity index (χ0) is 14.6. The number of nitrogens with one attached hydrogen (secondary N) is 1. The van der Waals surface area contributed by atoms with Crippen molar-refractivity contribution in [2.24, 2.45) is 0 Å². The topological polar surface area (TPSA) is 46.2 Å². The van der Waals surface area contributed by atoms with Crippen LogP contribution in [0.25, 0.3) is 0 Å². The Morgan fingerprint density at radius 2 is 2.00 bits per heavy atom. The van der Waals surface area contributed by atoms with Gasteiger partial charge in [-0.15, -0.1) is 0 Å². The summed E-state index contributed by atoms with van der Waals surface area (Å²) in [6.07, 6.45) is 3.57. The number of rotatable bonds is 5. The fourth-order valence-corrected chi connectivity index (χ4v) is 5.15. The van der Waals surface area contributed by atoms with Crippen LogP contribution < -0.4 is 5.32 Å². The molecule has 0 amide bonds. The van der Waals surface area contributed by atoms with Crippen molar-refractivity contribution >= 4 is 25.8 Å². The van der Waals surface area contributed by atoms with Gasteiger partial charge < -0.3 is 5.32 Å². The molecular formula is C15H22BrNO2S. The quantitative estimate of drug-likeness (QED) is 0.875. The molecule has 0 bridgehead atoms. The van der Waals surface area contributed by atoms with Crippen LogP contribution in [0.1, 0.15) is 44.2 Å². The monoisotopic (exact) mass is 359 g/mol. The molecule has 1 fully saturated rings. The molecule has 1 heterocycles. The predicted octanol–water partition coefficient (Wildman–Crippen LogP) is 3.46. The third-order valence-electron chi connectivity index (χ3n) is 3.84. The van der Waals surface area contributed by atoms with E-state index in [2.05, 4.69) is 28.2 Å². The standard InChI is InChI=1S/C15H22BrNO2S/c1-2-10-17-15(12-6-8-13(16)9-7-12)14-5-3-4-11-20(14,18)19/h6-9,14-15,17H,2-5,10-11H2,1H3. The predicted molar refractivity (Wildman–Crippen MR) is 86.6 cm³/mol. The SMILES string of the molecule is CCCNC(c1ccc(Br)cc1)C1CCCCS1(=O)=O. The van der Waals surface area contributed by atoms with Crippen LogP contribution in [-0.4, -0.2) is 26.0 Å². The van der Waals surface area contributed by atoms with Gasteiger partial charge in [0.2, 0.25) is 0 Å². The van der Waals surface area contributed by atoms with Gasteiger partial charge in [0, 0.05) is 10.5 Å². The van der Waals surface area contributed by atoms with Crippen molar-refractivity contribution in [3.05, 3.63) is 34.3 Å². The fraction of sp³-hybridized carbons (Fsp3) is 0.600. The third kappa shape index (κ3) is 3.83. The van der Waals surface area contributed by atoms with E-state index in [9.17, 15) is 8.42 Å². The second-order valence-corrected chi connectivity index (χ2v) is 8.64. The number of hydrogen-bond donors (Lipinski definition) is 1. The largest absolute Gasteiger partial charge is 0.309 e. The van der Waals surface area contributed by atoms with E-state index in [0.29, 0.717) is 5.75 Å². The summed E-state index contributed by atoms with van der Waals surface area (Å²) in [5.41, 5.74) is 1.07. The van der Waals surface area contributed by atoms with E-state index in [1.54, 1.807) is 0 Å². The van der Waals surface area contributed by atoms with Crippen LogP contribution in [0.3, 0.4) is 0 Å². The summed E-state index contributed by atoms with van der Waals surface area (Å²) in [4.78, 5) is 0. The highest BCUT2D eigenvalue weighted by Gasteiger charge is 2.35. The molecule has 5 heteroatoms. The van der Waals surface area contributed by atoms with Crippen LogP contribution in [0.15, 0.2) is 28.7 Å². The van der Waals surface area contributed by atoms with Crippen molar-refractivity contribution in [3.63, 3.8) is 0 Å². The first-order chi connectivity index (χ1) is 9.54. The number of hydrogen-bond acceptors (Lipinski definition) is 3. The van der Waals surface area contributed by atoms with Gasteiger partial charge in [0.05, 0.1) is 11.0 Å². The van der Waals surface area contributed by atoms with E-state index >= 15 is 0 Å². The maximum Gasteiger partial charge on any atom is 0.155 e. The minimum atomic E-state index is -2.99. The molecule has 0 spiro atoms. The van der Waals surface area contributed by atoms with Crippen molar-refractivity contribution in [1.29, 1.82) is 0 Å². The summed E-state index contributed by atoms with van der Waals surface area (Å²) >= 11 is 3.43. The van der Waals surface area contributed by atoms with Gasteiger partial charge in [-0.05, 0) is 43.5 Å². The lowest BCUT2D eigenvalue weighted by molar-refractivity contribution is 0.446. The smallest absolute Gasteiger partial charge is 0.155 e. The molecule has 1 N–H and O–H groups in total. The van der Waals surface area contributed by atoms with Crippen LogP contribution >= 0.6 is 15.9 Å². The van der Waals surface area contributed by atoms with E-state index in [0.717, 1.165) is 42.3 Å². The number of halogens is 1. The minimum Gasteiger partial charge on any atom is -0.309 e. The molecule has 1 aliphatic rings. The molecule has 2 atom stereocenters. The zero-order valence-corrected chi connectivity index (χ0v) is 14.2. The molecular weight excluding hydrogens is 338 g/mol. The molecule has 0 radical (unpaired) electrons. The summed E-state index contributed by atoms with van der Waals surface area (Å²) < 4.78 is 25.8.